The molecule has 0 aromatic rings. The van der Waals surface area contributed by atoms with Gasteiger partial charge in [0, 0.05) is 6.54 Å². The number of nitrogens with one attached hydrogen (secondary N) is 1. The molecule has 0 fully saturated rings. The number of amides is 1. The SMILES string of the molecule is CC(C)(C)OC(=O)NCCOCCOCCOCCOCCOS(C)(=O)=O. The summed E-state index contributed by atoms with van der Waals surface area (Å²) in [6, 6.07) is 0. The lowest BCUT2D eigenvalue weighted by Crippen LogP contribution is -2.34. The monoisotopic (exact) mass is 415 g/mol. The first kappa shape index (κ1) is 26.0. The molecular formula is C16H33NO9S. The van der Waals surface area contributed by atoms with Crippen molar-refractivity contribution >= 4 is 16.2 Å². The Morgan fingerprint density at radius 1 is 0.778 bits per heavy atom. The zero-order valence-corrected chi connectivity index (χ0v) is 17.5. The number of rotatable bonds is 16. The zero-order valence-electron chi connectivity index (χ0n) is 16.7. The Morgan fingerprint density at radius 3 is 1.59 bits per heavy atom. The van der Waals surface area contributed by atoms with Crippen molar-refractivity contribution in [2.24, 2.45) is 0 Å². The maximum absolute atomic E-state index is 11.4. The summed E-state index contributed by atoms with van der Waals surface area (Å²) in [5.74, 6) is 0. The fourth-order valence-corrected chi connectivity index (χ4v) is 1.92. The molecule has 10 nitrogen and oxygen atoms in total. The number of hydrogen-bond acceptors (Lipinski definition) is 9. The second-order valence-corrected chi connectivity index (χ2v) is 8.05. The van der Waals surface area contributed by atoms with Crippen LogP contribution in [0.4, 0.5) is 4.79 Å². The molecule has 0 aliphatic heterocycles. The van der Waals surface area contributed by atoms with Crippen LogP contribution in [0, 0.1) is 0 Å². The van der Waals surface area contributed by atoms with E-state index in [0.29, 0.717) is 52.8 Å². The molecule has 27 heavy (non-hydrogen) atoms. The largest absolute Gasteiger partial charge is 0.444 e. The molecule has 0 rings (SSSR count). The van der Waals surface area contributed by atoms with Crippen molar-refractivity contribution in [3.05, 3.63) is 0 Å². The summed E-state index contributed by atoms with van der Waals surface area (Å²) in [6.07, 6.45) is 0.522. The number of ether oxygens (including phenoxy) is 5. The molecule has 0 radical (unpaired) electrons. The van der Waals surface area contributed by atoms with Gasteiger partial charge in [-0.1, -0.05) is 0 Å². The van der Waals surface area contributed by atoms with Gasteiger partial charge in [0.2, 0.25) is 0 Å². The molecule has 11 heteroatoms. The van der Waals surface area contributed by atoms with Gasteiger partial charge in [0.15, 0.2) is 0 Å². The first-order valence-corrected chi connectivity index (χ1v) is 10.5. The van der Waals surface area contributed by atoms with Crippen LogP contribution < -0.4 is 5.32 Å². The predicted octanol–water partition coefficient (Wildman–Crippen LogP) is 0.554. The Hall–Kier alpha value is -0.980. The van der Waals surface area contributed by atoms with E-state index in [1.807, 2.05) is 0 Å². The van der Waals surface area contributed by atoms with Crippen LogP contribution in [-0.2, 0) is 38.0 Å². The highest BCUT2D eigenvalue weighted by molar-refractivity contribution is 7.85. The fourth-order valence-electron chi connectivity index (χ4n) is 1.55. The highest BCUT2D eigenvalue weighted by Crippen LogP contribution is 2.05. The quantitative estimate of drug-likeness (QED) is 0.285. The minimum Gasteiger partial charge on any atom is -0.444 e. The van der Waals surface area contributed by atoms with E-state index >= 15 is 0 Å². The molecule has 0 heterocycles. The summed E-state index contributed by atoms with van der Waals surface area (Å²) >= 11 is 0. The Kier molecular flexibility index (Phi) is 14.5. The van der Waals surface area contributed by atoms with Crippen molar-refractivity contribution in [2.75, 3.05) is 72.3 Å². The van der Waals surface area contributed by atoms with Gasteiger partial charge in [-0.15, -0.1) is 0 Å². The van der Waals surface area contributed by atoms with E-state index in [9.17, 15) is 13.2 Å². The standard InChI is InChI=1S/C16H33NO9S/c1-16(2,3)26-15(18)17-5-6-21-7-8-22-9-10-23-11-12-24-13-14-25-27(4,19)20/h5-14H2,1-4H3,(H,17,18). The molecule has 0 unspecified atom stereocenters. The third-order valence-electron chi connectivity index (χ3n) is 2.56. The highest BCUT2D eigenvalue weighted by Gasteiger charge is 2.15. The first-order chi connectivity index (χ1) is 12.6. The first-order valence-electron chi connectivity index (χ1n) is 8.72. The molecule has 162 valence electrons. The number of carbonyl (C=O) groups is 1. The van der Waals surface area contributed by atoms with Gasteiger partial charge in [0.1, 0.15) is 5.60 Å². The van der Waals surface area contributed by atoms with Crippen LogP contribution in [0.1, 0.15) is 20.8 Å². The summed E-state index contributed by atoms with van der Waals surface area (Å²) < 4.78 is 52.0. The summed E-state index contributed by atoms with van der Waals surface area (Å²) in [6.45, 7) is 8.75. The lowest BCUT2D eigenvalue weighted by atomic mass is 10.2. The molecule has 0 aliphatic rings. The van der Waals surface area contributed by atoms with Crippen LogP contribution in [-0.4, -0.2) is 92.4 Å². The van der Waals surface area contributed by atoms with E-state index in [1.54, 1.807) is 20.8 Å². The Morgan fingerprint density at radius 2 is 1.19 bits per heavy atom. The van der Waals surface area contributed by atoms with Crippen LogP contribution in [0.25, 0.3) is 0 Å². The lowest BCUT2D eigenvalue weighted by Gasteiger charge is -2.19. The molecule has 0 saturated carbocycles. The molecule has 0 saturated heterocycles. The van der Waals surface area contributed by atoms with Gasteiger partial charge < -0.3 is 29.0 Å². The summed E-state index contributed by atoms with van der Waals surface area (Å²) in [5, 5.41) is 2.59. The maximum Gasteiger partial charge on any atom is 0.407 e. The van der Waals surface area contributed by atoms with E-state index in [2.05, 4.69) is 9.50 Å². The third kappa shape index (κ3) is 23.0. The van der Waals surface area contributed by atoms with Crippen molar-refractivity contribution in [1.82, 2.24) is 5.32 Å². The summed E-state index contributed by atoms with van der Waals surface area (Å²) in [5.41, 5.74) is -0.514. The van der Waals surface area contributed by atoms with E-state index in [-0.39, 0.29) is 13.2 Å². The summed E-state index contributed by atoms with van der Waals surface area (Å²) in [7, 11) is -3.41. The van der Waals surface area contributed by atoms with E-state index in [4.69, 9.17) is 23.7 Å². The van der Waals surface area contributed by atoms with Crippen molar-refractivity contribution in [1.29, 1.82) is 0 Å². The van der Waals surface area contributed by atoms with Gasteiger partial charge in [0.05, 0.1) is 65.7 Å². The molecule has 1 amide bonds. The molecule has 0 spiro atoms. The van der Waals surface area contributed by atoms with Crippen molar-refractivity contribution in [3.8, 4) is 0 Å². The van der Waals surface area contributed by atoms with Gasteiger partial charge in [-0.2, -0.15) is 8.42 Å². The minimum absolute atomic E-state index is 0.00472. The molecule has 0 aromatic carbocycles. The number of hydrogen-bond donors (Lipinski definition) is 1. The molecule has 0 aliphatic carbocycles. The second-order valence-electron chi connectivity index (χ2n) is 6.40. The smallest absolute Gasteiger partial charge is 0.407 e. The van der Waals surface area contributed by atoms with Gasteiger partial charge in [-0.3, -0.25) is 4.18 Å². The number of alkyl carbamates (subject to hydrolysis) is 1. The molecular weight excluding hydrogens is 382 g/mol. The Labute approximate surface area is 161 Å². The van der Waals surface area contributed by atoms with Crippen molar-refractivity contribution in [3.63, 3.8) is 0 Å². The fraction of sp³-hybridized carbons (Fsp3) is 0.938. The summed E-state index contributed by atoms with van der Waals surface area (Å²) in [4.78, 5) is 11.4. The number of carbonyl (C=O) groups excluding carboxylic acids is 1. The Bertz CT molecular complexity index is 477. The van der Waals surface area contributed by atoms with Gasteiger partial charge in [-0.05, 0) is 20.8 Å². The van der Waals surface area contributed by atoms with E-state index in [0.717, 1.165) is 6.26 Å². The molecule has 0 aromatic heterocycles. The normalized spacial score (nSPS) is 12.1. The zero-order chi connectivity index (χ0) is 20.6. The van der Waals surface area contributed by atoms with Crippen LogP contribution >= 0.6 is 0 Å². The second kappa shape index (κ2) is 15.0. The Balaban J connectivity index is 3.20. The van der Waals surface area contributed by atoms with Gasteiger partial charge in [-0.25, -0.2) is 4.79 Å². The predicted molar refractivity (Wildman–Crippen MR) is 98.3 cm³/mol. The average molecular weight is 416 g/mol. The molecule has 0 atom stereocenters. The van der Waals surface area contributed by atoms with Crippen LogP contribution in [0.2, 0.25) is 0 Å². The van der Waals surface area contributed by atoms with Crippen molar-refractivity contribution < 1.29 is 41.1 Å². The van der Waals surface area contributed by atoms with Crippen LogP contribution in [0.5, 0.6) is 0 Å². The lowest BCUT2D eigenvalue weighted by molar-refractivity contribution is -0.00435. The average Bonchev–Trinajstić information content (AvgIpc) is 2.51. The van der Waals surface area contributed by atoms with Crippen LogP contribution in [0.3, 0.4) is 0 Å². The van der Waals surface area contributed by atoms with Gasteiger partial charge >= 0.3 is 6.09 Å². The third-order valence-corrected chi connectivity index (χ3v) is 3.15. The van der Waals surface area contributed by atoms with E-state index < -0.39 is 21.8 Å². The maximum atomic E-state index is 11.4. The molecule has 0 bridgehead atoms. The van der Waals surface area contributed by atoms with Gasteiger partial charge in [0.25, 0.3) is 10.1 Å². The van der Waals surface area contributed by atoms with Crippen LogP contribution in [0.15, 0.2) is 0 Å². The van der Waals surface area contributed by atoms with Crippen molar-refractivity contribution in [2.45, 2.75) is 26.4 Å². The topological polar surface area (TPSA) is 119 Å². The van der Waals surface area contributed by atoms with E-state index in [1.165, 1.54) is 0 Å². The minimum atomic E-state index is -3.41. The highest BCUT2D eigenvalue weighted by atomic mass is 32.2. The molecule has 1 N–H and O–H groups in total.